The molecular formula is C56H63Cl2F3N8O4. The molecule has 2 unspecified atom stereocenters. The number of aromatic amines is 2. The molecule has 0 radical (unpaired) electrons. The number of imidazole rings is 2. The van der Waals surface area contributed by atoms with Crippen molar-refractivity contribution in [1.29, 1.82) is 0 Å². The van der Waals surface area contributed by atoms with Crippen LogP contribution >= 0.6 is 23.2 Å². The van der Waals surface area contributed by atoms with Crippen LogP contribution in [0.3, 0.4) is 0 Å². The first-order valence-electron chi connectivity index (χ1n) is 25.6. The normalized spacial score (nSPS) is 19.3. The third kappa shape index (κ3) is 12.7. The van der Waals surface area contributed by atoms with Gasteiger partial charge in [0, 0.05) is 62.3 Å². The summed E-state index contributed by atoms with van der Waals surface area (Å²) in [6.07, 6.45) is 13.3. The zero-order valence-electron chi connectivity index (χ0n) is 40.8. The van der Waals surface area contributed by atoms with Crippen LogP contribution in [0.25, 0.3) is 34.2 Å². The van der Waals surface area contributed by atoms with Gasteiger partial charge in [0.2, 0.25) is 11.8 Å². The second kappa shape index (κ2) is 24.2. The van der Waals surface area contributed by atoms with Crippen molar-refractivity contribution in [3.8, 4) is 0 Å². The van der Waals surface area contributed by atoms with Gasteiger partial charge in [-0.1, -0.05) is 53.5 Å². The third-order valence-corrected chi connectivity index (χ3v) is 16.3. The topological polar surface area (TPSA) is 145 Å². The highest BCUT2D eigenvalue weighted by Gasteiger charge is 2.36. The first kappa shape index (κ1) is 52.3. The van der Waals surface area contributed by atoms with Crippen LogP contribution in [0.2, 0.25) is 10.0 Å². The molecule has 2 amide bonds. The molecule has 10 rings (SSSR count). The number of carbonyl (C=O) groups excluding carboxylic acids is 2. The first-order valence-corrected chi connectivity index (χ1v) is 26.3. The van der Waals surface area contributed by atoms with Gasteiger partial charge in [-0.05, 0) is 161 Å². The molecule has 4 saturated heterocycles. The number of carbonyl (C=O) groups is 2. The summed E-state index contributed by atoms with van der Waals surface area (Å²) in [6, 6.07) is 23.5. The molecular weight excluding hydrogens is 977 g/mol. The van der Waals surface area contributed by atoms with Gasteiger partial charge in [-0.25, -0.2) is 23.1 Å². The lowest BCUT2D eigenvalue weighted by molar-refractivity contribution is -0.128. The molecule has 0 bridgehead atoms. The van der Waals surface area contributed by atoms with E-state index < -0.39 is 17.5 Å². The van der Waals surface area contributed by atoms with E-state index in [4.69, 9.17) is 33.2 Å². The number of aliphatic hydroxyl groups excluding tert-OH is 2. The average Bonchev–Trinajstić information content (AvgIpc) is 4.07. The van der Waals surface area contributed by atoms with Gasteiger partial charge in [0.25, 0.3) is 0 Å². The fourth-order valence-corrected chi connectivity index (χ4v) is 11.6. The Labute approximate surface area is 433 Å². The Balaban J connectivity index is 0.000000180. The lowest BCUT2D eigenvalue weighted by Gasteiger charge is -2.43. The van der Waals surface area contributed by atoms with Crippen molar-refractivity contribution in [2.75, 3.05) is 65.6 Å². The zero-order valence-corrected chi connectivity index (χ0v) is 42.3. The van der Waals surface area contributed by atoms with Crippen LogP contribution in [0.4, 0.5) is 13.2 Å². The molecule has 6 heterocycles. The Morgan fingerprint density at radius 3 is 1.41 bits per heavy atom. The average molecular weight is 1040 g/mol. The molecule has 2 atom stereocenters. The predicted molar refractivity (Wildman–Crippen MR) is 280 cm³/mol. The van der Waals surface area contributed by atoms with Crippen LogP contribution in [0.1, 0.15) is 86.0 Å². The van der Waals surface area contributed by atoms with Crippen molar-refractivity contribution < 1.29 is 33.0 Å². The molecule has 4 N–H and O–H groups in total. The second-order valence-electron chi connectivity index (χ2n) is 19.9. The van der Waals surface area contributed by atoms with Crippen molar-refractivity contribution in [1.82, 2.24) is 39.5 Å². The number of benzene rings is 4. The van der Waals surface area contributed by atoms with Crippen molar-refractivity contribution >= 4 is 69.2 Å². The molecule has 12 nitrogen and oxygen atoms in total. The van der Waals surface area contributed by atoms with Gasteiger partial charge in [0.15, 0.2) is 17.5 Å². The van der Waals surface area contributed by atoms with E-state index >= 15 is 0 Å². The number of nitrogens with zero attached hydrogens (tertiary/aromatic N) is 6. The highest BCUT2D eigenvalue weighted by molar-refractivity contribution is 6.42. The van der Waals surface area contributed by atoms with Crippen LogP contribution in [-0.2, 0) is 9.59 Å². The minimum atomic E-state index is -1.53. The van der Waals surface area contributed by atoms with E-state index in [9.17, 15) is 33.0 Å². The van der Waals surface area contributed by atoms with Gasteiger partial charge in [-0.2, -0.15) is 0 Å². The Bertz CT molecular complexity index is 2810. The van der Waals surface area contributed by atoms with Crippen LogP contribution in [0.15, 0.2) is 91.0 Å². The van der Waals surface area contributed by atoms with Crippen molar-refractivity contribution in [2.45, 2.75) is 75.3 Å². The number of fused-ring (bicyclic) bond motifs is 2. The number of nitrogens with one attached hydrogen (secondary N) is 2. The van der Waals surface area contributed by atoms with E-state index in [1.165, 1.54) is 12.2 Å². The van der Waals surface area contributed by atoms with E-state index in [2.05, 4.69) is 25.8 Å². The van der Waals surface area contributed by atoms with Gasteiger partial charge < -0.3 is 30.0 Å². The lowest BCUT2D eigenvalue weighted by atomic mass is 9.86. The summed E-state index contributed by atoms with van der Waals surface area (Å²) in [5.74, 6) is -0.766. The van der Waals surface area contributed by atoms with Crippen molar-refractivity contribution in [3.63, 3.8) is 0 Å². The molecule has 73 heavy (non-hydrogen) atoms. The second-order valence-corrected chi connectivity index (χ2v) is 20.7. The van der Waals surface area contributed by atoms with Gasteiger partial charge in [-0.15, -0.1) is 0 Å². The number of halogens is 5. The number of piperidine rings is 4. The minimum Gasteiger partial charge on any atom is -0.395 e. The van der Waals surface area contributed by atoms with Crippen LogP contribution in [0.5, 0.6) is 0 Å². The van der Waals surface area contributed by atoms with E-state index in [1.807, 2.05) is 53.4 Å². The number of H-pyrrole nitrogens is 2. The Morgan fingerprint density at radius 1 is 0.575 bits per heavy atom. The number of likely N-dealkylation sites (tertiary alicyclic amines) is 4. The monoisotopic (exact) mass is 1040 g/mol. The fourth-order valence-electron chi connectivity index (χ4n) is 11.3. The number of aliphatic hydroxyl groups is 2. The SMILES string of the molecule is O=C(/C=C/c1cc(F)c(F)c(F)c1)N1CCC(C(CO)N2CCC(c3nc4ccccc4[nH]3)CC2)CC1.O=C(/C=C/c1ccc(Cl)c(Cl)c1)N1CCC(C(CO)N2CCC(c3nc4ccccc4[nH]3)CC2)CC1. The smallest absolute Gasteiger partial charge is 0.246 e. The first-order chi connectivity index (χ1) is 35.4. The van der Waals surface area contributed by atoms with E-state index in [1.54, 1.807) is 29.2 Å². The van der Waals surface area contributed by atoms with Crippen LogP contribution < -0.4 is 0 Å². The molecule has 2 aromatic heterocycles. The summed E-state index contributed by atoms with van der Waals surface area (Å²) in [5.41, 5.74) is 5.10. The van der Waals surface area contributed by atoms with Gasteiger partial charge in [0.05, 0.1) is 45.3 Å². The molecule has 6 aromatic rings. The molecule has 0 spiro atoms. The molecule has 4 aliphatic rings. The Kier molecular flexibility index (Phi) is 17.3. The molecule has 4 fully saturated rings. The quantitative estimate of drug-likeness (QED) is 0.0701. The van der Waals surface area contributed by atoms with Gasteiger partial charge >= 0.3 is 0 Å². The van der Waals surface area contributed by atoms with Crippen molar-refractivity contribution in [3.05, 3.63) is 141 Å². The number of hydrogen-bond donors (Lipinski definition) is 4. The molecule has 17 heteroatoms. The molecule has 4 aliphatic heterocycles. The highest BCUT2D eigenvalue weighted by atomic mass is 35.5. The number of para-hydroxylation sites is 4. The lowest BCUT2D eigenvalue weighted by Crippen LogP contribution is -2.50. The summed E-state index contributed by atoms with van der Waals surface area (Å²) in [6.45, 7) is 6.44. The predicted octanol–water partition coefficient (Wildman–Crippen LogP) is 9.83. The summed E-state index contributed by atoms with van der Waals surface area (Å²) >= 11 is 12.0. The third-order valence-electron chi connectivity index (χ3n) is 15.5. The largest absolute Gasteiger partial charge is 0.395 e. The zero-order chi connectivity index (χ0) is 51.0. The fraction of sp³-hybridized carbons (Fsp3) is 0.429. The number of amides is 2. The summed E-state index contributed by atoms with van der Waals surface area (Å²) in [7, 11) is 0. The molecule has 0 aliphatic carbocycles. The van der Waals surface area contributed by atoms with Crippen molar-refractivity contribution in [2.24, 2.45) is 11.8 Å². The van der Waals surface area contributed by atoms with E-state index in [-0.39, 0.29) is 48.6 Å². The maximum absolute atomic E-state index is 13.4. The number of aromatic nitrogens is 4. The summed E-state index contributed by atoms with van der Waals surface area (Å²) in [4.78, 5) is 50.3. The summed E-state index contributed by atoms with van der Waals surface area (Å²) in [5, 5.41) is 21.5. The highest BCUT2D eigenvalue weighted by Crippen LogP contribution is 2.34. The maximum Gasteiger partial charge on any atom is 0.246 e. The van der Waals surface area contributed by atoms with E-state index in [0.29, 0.717) is 54.0 Å². The van der Waals surface area contributed by atoms with E-state index in [0.717, 1.165) is 129 Å². The van der Waals surface area contributed by atoms with Crippen LogP contribution in [-0.4, -0.2) is 139 Å². The summed E-state index contributed by atoms with van der Waals surface area (Å²) < 4.78 is 39.9. The maximum atomic E-state index is 13.4. The molecule has 4 aromatic carbocycles. The minimum absolute atomic E-state index is 0.00622. The number of rotatable bonds is 12. The Hall–Kier alpha value is -5.55. The van der Waals surface area contributed by atoms with Gasteiger partial charge in [0.1, 0.15) is 11.6 Å². The molecule has 386 valence electrons. The van der Waals surface area contributed by atoms with Gasteiger partial charge in [-0.3, -0.25) is 19.4 Å². The standard InChI is InChI=1S/C28H32Cl2N4O2.C28H31F3N4O2/c29-22-7-5-19(17-23(22)30)6-8-27(36)34-15-9-20(10-16-34)26(18-35)33-13-11-21(12-14-33)28-31-24-3-1-2-4-25(24)32-28;29-21-15-18(16-22(30)27(21)31)5-6-26(37)35-13-7-19(8-14-35)25(17-36)34-11-9-20(10-12-34)28-32-23-3-1-2-4-24(23)33-28/h1-8,17,20-21,26,35H,9-16,18H2,(H,31,32);1-6,15-16,19-20,25,36H,7-14,17H2,(H,32,33)/b8-6+;6-5+. The van der Waals surface area contributed by atoms with Crippen LogP contribution in [0, 0.1) is 29.3 Å². The number of hydrogen-bond acceptors (Lipinski definition) is 8. The Morgan fingerprint density at radius 2 is 1.00 bits per heavy atom. The molecule has 0 saturated carbocycles.